The minimum absolute atomic E-state index is 0.0781. The summed E-state index contributed by atoms with van der Waals surface area (Å²) >= 11 is 1.13. The number of nitrogens with one attached hydrogen (secondary N) is 1. The van der Waals surface area contributed by atoms with Gasteiger partial charge in [0.05, 0.1) is 11.6 Å². The summed E-state index contributed by atoms with van der Waals surface area (Å²) < 4.78 is 28.9. The van der Waals surface area contributed by atoms with Crippen LogP contribution in [0.25, 0.3) is 10.6 Å². The van der Waals surface area contributed by atoms with Crippen LogP contribution in [0.3, 0.4) is 0 Å². The van der Waals surface area contributed by atoms with Gasteiger partial charge in [0.25, 0.3) is 5.91 Å². The van der Waals surface area contributed by atoms with Crippen LogP contribution in [0.2, 0.25) is 0 Å². The van der Waals surface area contributed by atoms with Gasteiger partial charge in [0.15, 0.2) is 11.4 Å². The third kappa shape index (κ3) is 5.00. The summed E-state index contributed by atoms with van der Waals surface area (Å²) in [6, 6.07) is 2.82. The molecular weight excluding hydrogens is 502 g/mol. The molecule has 1 fully saturated rings. The number of halogens is 2. The van der Waals surface area contributed by atoms with Gasteiger partial charge in [-0.2, -0.15) is 0 Å². The maximum Gasteiger partial charge on any atom is 0.274 e. The van der Waals surface area contributed by atoms with Gasteiger partial charge in [-0.05, 0) is 38.3 Å². The van der Waals surface area contributed by atoms with Crippen molar-refractivity contribution < 1.29 is 23.5 Å². The lowest BCUT2D eigenvalue weighted by atomic mass is 10.0. The quantitative estimate of drug-likeness (QED) is 0.488. The van der Waals surface area contributed by atoms with Crippen LogP contribution in [0.4, 0.5) is 8.78 Å². The van der Waals surface area contributed by atoms with Crippen LogP contribution >= 0.6 is 11.3 Å². The molecule has 194 valence electrons. The molecule has 0 radical (unpaired) electrons. The minimum atomic E-state index is -0.750. The molecule has 2 aliphatic rings. The summed E-state index contributed by atoms with van der Waals surface area (Å²) in [7, 11) is 0. The van der Waals surface area contributed by atoms with E-state index in [2.05, 4.69) is 10.3 Å². The predicted molar refractivity (Wildman–Crippen MR) is 134 cm³/mol. The maximum absolute atomic E-state index is 14.1. The highest BCUT2D eigenvalue weighted by molar-refractivity contribution is 7.15. The Hall–Kier alpha value is -3.60. The van der Waals surface area contributed by atoms with E-state index in [-0.39, 0.29) is 59.2 Å². The van der Waals surface area contributed by atoms with Crippen molar-refractivity contribution in [3.8, 4) is 16.3 Å². The van der Waals surface area contributed by atoms with Gasteiger partial charge in [0.2, 0.25) is 11.3 Å². The van der Waals surface area contributed by atoms with Crippen LogP contribution < -0.4 is 10.7 Å². The van der Waals surface area contributed by atoms with Crippen LogP contribution in [0, 0.1) is 11.6 Å². The average Bonchev–Trinajstić information content (AvgIpc) is 3.53. The number of fused-ring (bicyclic) bond motifs is 1. The highest BCUT2D eigenvalue weighted by atomic mass is 32.1. The standard InChI is InChI=1S/C26H26F2N4O4S/c1-13(2)31-11-17(9-21(33)30-16-5-6-16)32-12-19(23(34)24(35)22(32)26(31)36)25-29-10-18(37-25)7-14-3-4-15(27)8-20(14)28/h3-4,8,10,12-13,16-17,35H,5-7,9,11H2,1-2H3,(H,30,33). The summed E-state index contributed by atoms with van der Waals surface area (Å²) in [5, 5.41) is 14.1. The molecule has 2 aromatic heterocycles. The molecule has 1 aliphatic heterocycles. The number of rotatable bonds is 7. The van der Waals surface area contributed by atoms with Crippen molar-refractivity contribution in [2.24, 2.45) is 0 Å². The number of thiazole rings is 1. The molecule has 0 saturated heterocycles. The number of carbonyl (C=O) groups excluding carboxylic acids is 2. The monoisotopic (exact) mass is 528 g/mol. The first-order chi connectivity index (χ1) is 17.6. The van der Waals surface area contributed by atoms with Crippen molar-refractivity contribution in [1.29, 1.82) is 0 Å². The number of amides is 2. The van der Waals surface area contributed by atoms with Gasteiger partial charge >= 0.3 is 0 Å². The molecule has 37 heavy (non-hydrogen) atoms. The molecule has 5 rings (SSSR count). The summed E-state index contributed by atoms with van der Waals surface area (Å²) in [4.78, 5) is 45.5. The molecule has 1 aromatic carbocycles. The summed E-state index contributed by atoms with van der Waals surface area (Å²) in [5.74, 6) is -2.69. The molecule has 3 heterocycles. The third-order valence-electron chi connectivity index (χ3n) is 6.63. The van der Waals surface area contributed by atoms with E-state index in [9.17, 15) is 28.3 Å². The molecule has 0 bridgehead atoms. The van der Waals surface area contributed by atoms with E-state index in [1.165, 1.54) is 29.1 Å². The molecule has 3 aromatic rings. The fourth-order valence-electron chi connectivity index (χ4n) is 4.51. The summed E-state index contributed by atoms with van der Waals surface area (Å²) in [5.41, 5.74) is -0.540. The highest BCUT2D eigenvalue weighted by Gasteiger charge is 2.37. The molecule has 11 heteroatoms. The van der Waals surface area contributed by atoms with Gasteiger partial charge in [0, 0.05) is 54.8 Å². The summed E-state index contributed by atoms with van der Waals surface area (Å²) in [6.45, 7) is 3.91. The first kappa shape index (κ1) is 25.1. The smallest absolute Gasteiger partial charge is 0.274 e. The van der Waals surface area contributed by atoms with E-state index >= 15 is 0 Å². The fraction of sp³-hybridized carbons (Fsp3) is 0.385. The zero-order chi connectivity index (χ0) is 26.4. The average molecular weight is 529 g/mol. The zero-order valence-corrected chi connectivity index (χ0v) is 21.1. The zero-order valence-electron chi connectivity index (χ0n) is 20.3. The summed E-state index contributed by atoms with van der Waals surface area (Å²) in [6.07, 6.45) is 5.08. The molecule has 1 aliphatic carbocycles. The van der Waals surface area contributed by atoms with Crippen molar-refractivity contribution in [1.82, 2.24) is 19.8 Å². The van der Waals surface area contributed by atoms with Crippen LogP contribution in [0.15, 0.2) is 35.4 Å². The van der Waals surface area contributed by atoms with E-state index in [0.29, 0.717) is 4.88 Å². The number of carbonyl (C=O) groups is 2. The molecule has 1 atom stereocenters. The number of aromatic nitrogens is 2. The first-order valence-electron chi connectivity index (χ1n) is 12.1. The Balaban J connectivity index is 1.51. The van der Waals surface area contributed by atoms with E-state index in [0.717, 1.165) is 30.2 Å². The number of hydrogen-bond donors (Lipinski definition) is 2. The molecule has 2 N–H and O–H groups in total. The lowest BCUT2D eigenvalue weighted by molar-refractivity contribution is -0.122. The van der Waals surface area contributed by atoms with E-state index < -0.39 is 34.8 Å². The Bertz CT molecular complexity index is 1450. The van der Waals surface area contributed by atoms with Gasteiger partial charge in [-0.25, -0.2) is 13.8 Å². The second-order valence-corrected chi connectivity index (χ2v) is 10.9. The van der Waals surface area contributed by atoms with Crippen molar-refractivity contribution in [2.45, 2.75) is 57.7 Å². The van der Waals surface area contributed by atoms with Crippen LogP contribution in [-0.4, -0.2) is 50.0 Å². The number of benzene rings is 1. The molecule has 8 nitrogen and oxygen atoms in total. The Morgan fingerprint density at radius 2 is 2.03 bits per heavy atom. The SMILES string of the molecule is CC(C)N1CC(CC(=O)NC2CC2)n2cc(-c3ncc(Cc4ccc(F)cc4F)s3)c(=O)c(O)c2C1=O. The van der Waals surface area contributed by atoms with Crippen molar-refractivity contribution >= 4 is 23.2 Å². The topological polar surface area (TPSA) is 105 Å². The molecular formula is C26H26F2N4O4S. The van der Waals surface area contributed by atoms with Crippen LogP contribution in [-0.2, 0) is 11.2 Å². The van der Waals surface area contributed by atoms with E-state index in [1.54, 1.807) is 4.90 Å². The molecule has 1 saturated carbocycles. The van der Waals surface area contributed by atoms with Gasteiger partial charge < -0.3 is 19.9 Å². The molecule has 2 amide bonds. The van der Waals surface area contributed by atoms with Crippen molar-refractivity contribution in [2.75, 3.05) is 6.54 Å². The number of pyridine rings is 1. The minimum Gasteiger partial charge on any atom is -0.503 e. The van der Waals surface area contributed by atoms with E-state index in [4.69, 9.17) is 0 Å². The van der Waals surface area contributed by atoms with E-state index in [1.807, 2.05) is 13.8 Å². The van der Waals surface area contributed by atoms with Crippen LogP contribution in [0.5, 0.6) is 5.75 Å². The Morgan fingerprint density at radius 1 is 1.27 bits per heavy atom. The van der Waals surface area contributed by atoms with Crippen LogP contribution in [0.1, 0.15) is 60.1 Å². The predicted octanol–water partition coefficient (Wildman–Crippen LogP) is 3.62. The highest BCUT2D eigenvalue weighted by Crippen LogP contribution is 2.33. The van der Waals surface area contributed by atoms with Gasteiger partial charge in [-0.15, -0.1) is 11.3 Å². The Morgan fingerprint density at radius 3 is 2.70 bits per heavy atom. The molecule has 1 unspecified atom stereocenters. The van der Waals surface area contributed by atoms with Gasteiger partial charge in [0.1, 0.15) is 16.6 Å². The normalized spacial score (nSPS) is 17.3. The Kier molecular flexibility index (Phi) is 6.57. The fourth-order valence-corrected chi connectivity index (χ4v) is 5.45. The van der Waals surface area contributed by atoms with Gasteiger partial charge in [-0.3, -0.25) is 14.4 Å². The Labute approximate surface area is 215 Å². The lowest BCUT2D eigenvalue weighted by Crippen LogP contribution is -2.48. The lowest BCUT2D eigenvalue weighted by Gasteiger charge is -2.38. The number of nitrogens with zero attached hydrogens (tertiary/aromatic N) is 3. The maximum atomic E-state index is 14.1. The third-order valence-corrected chi connectivity index (χ3v) is 7.66. The van der Waals surface area contributed by atoms with Gasteiger partial charge in [-0.1, -0.05) is 6.07 Å². The van der Waals surface area contributed by atoms with Crippen molar-refractivity contribution in [3.63, 3.8) is 0 Å². The second kappa shape index (κ2) is 9.70. The molecule has 0 spiro atoms. The van der Waals surface area contributed by atoms with Crippen molar-refractivity contribution in [3.05, 3.63) is 68.6 Å². The largest absolute Gasteiger partial charge is 0.503 e. The number of hydrogen-bond acceptors (Lipinski definition) is 6. The first-order valence-corrected chi connectivity index (χ1v) is 12.9. The number of aromatic hydroxyl groups is 1. The second-order valence-electron chi connectivity index (χ2n) is 9.77.